The van der Waals surface area contributed by atoms with E-state index in [9.17, 15) is 4.79 Å². The molecule has 0 bridgehead atoms. The number of benzene rings is 2. The lowest BCUT2D eigenvalue weighted by Crippen LogP contribution is -2.41. The second-order valence-electron chi connectivity index (χ2n) is 12.7. The van der Waals surface area contributed by atoms with Gasteiger partial charge in [-0.25, -0.2) is 9.78 Å². The molecule has 1 fully saturated rings. The highest BCUT2D eigenvalue weighted by atomic mass is 28.4. The quantitative estimate of drug-likeness (QED) is 0.213. The minimum absolute atomic E-state index is 0.307. The number of imidazole rings is 1. The SMILES string of the molecule is COC(=O)c1ccc(CN(c2nc3ccccc3n2CCO[Si](C)(C)C)C2CCC(C(C)(C)C)CC2)cc1. The lowest BCUT2D eigenvalue weighted by molar-refractivity contribution is 0.0600. The van der Waals surface area contributed by atoms with Gasteiger partial charge in [0.1, 0.15) is 0 Å². The molecule has 0 atom stereocenters. The van der Waals surface area contributed by atoms with Gasteiger partial charge in [-0.1, -0.05) is 45.0 Å². The van der Waals surface area contributed by atoms with Gasteiger partial charge in [0.2, 0.25) is 5.95 Å². The first-order valence-corrected chi connectivity index (χ1v) is 17.4. The molecule has 1 aromatic heterocycles. The number of carbonyl (C=O) groups excluding carboxylic acids is 1. The summed E-state index contributed by atoms with van der Waals surface area (Å²) in [5.41, 5.74) is 4.23. The summed E-state index contributed by atoms with van der Waals surface area (Å²) in [5.74, 6) is 1.45. The Morgan fingerprint density at radius 3 is 2.29 bits per heavy atom. The minimum atomic E-state index is -1.62. The Hall–Kier alpha value is -2.64. The minimum Gasteiger partial charge on any atom is -0.465 e. The Morgan fingerprint density at radius 1 is 1.03 bits per heavy atom. The second-order valence-corrected chi connectivity index (χ2v) is 17.2. The van der Waals surface area contributed by atoms with Crippen LogP contribution in [0.25, 0.3) is 11.0 Å². The molecule has 3 aromatic rings. The highest BCUT2D eigenvalue weighted by Crippen LogP contribution is 2.40. The van der Waals surface area contributed by atoms with E-state index < -0.39 is 8.32 Å². The van der Waals surface area contributed by atoms with Crippen molar-refractivity contribution >= 4 is 31.3 Å². The van der Waals surface area contributed by atoms with E-state index in [1.165, 1.54) is 20.0 Å². The molecule has 1 aliphatic carbocycles. The van der Waals surface area contributed by atoms with Crippen LogP contribution in [-0.2, 0) is 22.3 Å². The van der Waals surface area contributed by atoms with Crippen molar-refractivity contribution in [3.8, 4) is 0 Å². The Bertz CT molecular complexity index is 1220. The summed E-state index contributed by atoms with van der Waals surface area (Å²) in [7, 11) is -0.206. The van der Waals surface area contributed by atoms with Gasteiger partial charge >= 0.3 is 5.97 Å². The van der Waals surface area contributed by atoms with Crippen molar-refractivity contribution in [1.29, 1.82) is 0 Å². The predicted molar refractivity (Wildman–Crippen MR) is 158 cm³/mol. The fourth-order valence-electron chi connectivity index (χ4n) is 5.62. The summed E-state index contributed by atoms with van der Waals surface area (Å²) in [4.78, 5) is 19.7. The van der Waals surface area contributed by atoms with Crippen LogP contribution in [0.15, 0.2) is 48.5 Å². The van der Waals surface area contributed by atoms with Crippen LogP contribution in [0.3, 0.4) is 0 Å². The second kappa shape index (κ2) is 11.6. The van der Waals surface area contributed by atoms with Crippen LogP contribution in [0, 0.1) is 11.3 Å². The Morgan fingerprint density at radius 2 is 1.68 bits per heavy atom. The fourth-order valence-corrected chi connectivity index (χ4v) is 6.33. The van der Waals surface area contributed by atoms with E-state index in [4.69, 9.17) is 14.1 Å². The first-order valence-electron chi connectivity index (χ1n) is 14.0. The van der Waals surface area contributed by atoms with Gasteiger partial charge < -0.3 is 18.6 Å². The number of nitrogens with zero attached hydrogens (tertiary/aromatic N) is 3. The van der Waals surface area contributed by atoms with Gasteiger partial charge in [-0.2, -0.15) is 0 Å². The molecule has 1 aliphatic rings. The molecule has 38 heavy (non-hydrogen) atoms. The van der Waals surface area contributed by atoms with E-state index in [1.807, 2.05) is 24.3 Å². The zero-order chi connectivity index (χ0) is 27.5. The number of anilines is 1. The van der Waals surface area contributed by atoms with E-state index in [0.717, 1.165) is 54.4 Å². The fraction of sp³-hybridized carbons (Fsp3) is 0.548. The van der Waals surface area contributed by atoms with Crippen LogP contribution in [0.1, 0.15) is 62.4 Å². The van der Waals surface area contributed by atoms with Crippen molar-refractivity contribution in [3.05, 3.63) is 59.7 Å². The molecule has 0 radical (unpaired) electrons. The van der Waals surface area contributed by atoms with Crippen molar-refractivity contribution in [1.82, 2.24) is 9.55 Å². The summed E-state index contributed by atoms with van der Waals surface area (Å²) >= 11 is 0. The van der Waals surface area contributed by atoms with Crippen molar-refractivity contribution in [3.63, 3.8) is 0 Å². The molecule has 6 nitrogen and oxygen atoms in total. The van der Waals surface area contributed by atoms with E-state index in [0.29, 0.717) is 23.6 Å². The molecule has 0 N–H and O–H groups in total. The third kappa shape index (κ3) is 6.86. The van der Waals surface area contributed by atoms with Gasteiger partial charge in [0.05, 0.1) is 30.3 Å². The van der Waals surface area contributed by atoms with Gasteiger partial charge in [0.25, 0.3) is 0 Å². The summed E-state index contributed by atoms with van der Waals surface area (Å²) in [6, 6.07) is 16.6. The molecule has 0 unspecified atom stereocenters. The van der Waals surface area contributed by atoms with Gasteiger partial charge in [-0.15, -0.1) is 0 Å². The van der Waals surface area contributed by atoms with Gasteiger partial charge in [0.15, 0.2) is 8.32 Å². The van der Waals surface area contributed by atoms with Crippen LogP contribution in [0.2, 0.25) is 19.6 Å². The zero-order valence-electron chi connectivity index (χ0n) is 24.3. The summed E-state index contributed by atoms with van der Waals surface area (Å²) in [6.45, 7) is 16.0. The highest BCUT2D eigenvalue weighted by Gasteiger charge is 2.34. The number of methoxy groups -OCH3 is 1. The van der Waals surface area contributed by atoms with Gasteiger partial charge in [-0.3, -0.25) is 0 Å². The van der Waals surface area contributed by atoms with Gasteiger partial charge in [-0.05, 0) is 86.5 Å². The number of rotatable bonds is 9. The maximum atomic E-state index is 12.0. The van der Waals surface area contributed by atoms with Crippen LogP contribution in [-0.4, -0.2) is 43.6 Å². The summed E-state index contributed by atoms with van der Waals surface area (Å²) < 4.78 is 13.5. The number of ether oxygens (including phenoxy) is 1. The molecule has 7 heteroatoms. The summed E-state index contributed by atoms with van der Waals surface area (Å²) in [5, 5.41) is 0. The molecule has 1 saturated carbocycles. The number of fused-ring (bicyclic) bond motifs is 1. The monoisotopic (exact) mass is 535 g/mol. The average Bonchev–Trinajstić information content (AvgIpc) is 3.24. The third-order valence-corrected chi connectivity index (χ3v) is 8.90. The largest absolute Gasteiger partial charge is 0.465 e. The normalized spacial score (nSPS) is 18.5. The van der Waals surface area contributed by atoms with Crippen LogP contribution in [0.4, 0.5) is 5.95 Å². The number of hydrogen-bond donors (Lipinski definition) is 0. The topological polar surface area (TPSA) is 56.6 Å². The van der Waals surface area contributed by atoms with Crippen molar-refractivity contribution in [2.24, 2.45) is 11.3 Å². The number of carbonyl (C=O) groups is 1. The first kappa shape index (κ1) is 28.4. The standard InChI is InChI=1S/C31H45N3O3Si/c1-31(2,3)25-16-18-26(19-17-25)34(22-23-12-14-24(15-13-23)29(35)36-4)30-32-27-10-8-9-11-28(27)33(30)20-21-37-38(5,6)7/h8-15,25-26H,16-22H2,1-7H3. The Labute approximate surface area is 229 Å². The maximum Gasteiger partial charge on any atom is 0.337 e. The molecule has 0 aliphatic heterocycles. The van der Waals surface area contributed by atoms with E-state index >= 15 is 0 Å². The highest BCUT2D eigenvalue weighted by molar-refractivity contribution is 6.69. The number of para-hydroxylation sites is 2. The Balaban J connectivity index is 1.69. The molecule has 4 rings (SSSR count). The molecule has 0 spiro atoms. The van der Waals surface area contributed by atoms with Gasteiger partial charge in [0, 0.05) is 19.1 Å². The van der Waals surface area contributed by atoms with Crippen molar-refractivity contribution < 1.29 is 14.0 Å². The van der Waals surface area contributed by atoms with Crippen LogP contribution in [0.5, 0.6) is 0 Å². The molecular formula is C31H45N3O3Si. The maximum absolute atomic E-state index is 12.0. The zero-order valence-corrected chi connectivity index (χ0v) is 25.3. The number of esters is 1. The molecule has 0 saturated heterocycles. The molecular weight excluding hydrogens is 490 g/mol. The molecule has 2 aromatic carbocycles. The smallest absolute Gasteiger partial charge is 0.337 e. The van der Waals surface area contributed by atoms with E-state index in [-0.39, 0.29) is 5.97 Å². The first-order chi connectivity index (χ1) is 18.0. The summed E-state index contributed by atoms with van der Waals surface area (Å²) in [6.07, 6.45) is 4.75. The lowest BCUT2D eigenvalue weighted by Gasteiger charge is -2.41. The predicted octanol–water partition coefficient (Wildman–Crippen LogP) is 7.29. The van der Waals surface area contributed by atoms with E-state index in [1.54, 1.807) is 0 Å². The Kier molecular flexibility index (Phi) is 8.67. The molecule has 1 heterocycles. The molecule has 206 valence electrons. The van der Waals surface area contributed by atoms with Crippen LogP contribution >= 0.6 is 0 Å². The van der Waals surface area contributed by atoms with Crippen molar-refractivity contribution in [2.75, 3.05) is 18.6 Å². The van der Waals surface area contributed by atoms with Crippen molar-refractivity contribution in [2.45, 2.75) is 85.2 Å². The lowest BCUT2D eigenvalue weighted by atomic mass is 9.71. The van der Waals surface area contributed by atoms with Crippen LogP contribution < -0.4 is 4.90 Å². The third-order valence-electron chi connectivity index (χ3n) is 7.83. The average molecular weight is 536 g/mol. The number of aromatic nitrogens is 2. The number of hydrogen-bond acceptors (Lipinski definition) is 5. The molecule has 0 amide bonds. The van der Waals surface area contributed by atoms with E-state index in [2.05, 4.69) is 74.1 Å².